The Morgan fingerprint density at radius 2 is 1.84 bits per heavy atom. The first-order valence-electron chi connectivity index (χ1n) is 7.94. The van der Waals surface area contributed by atoms with Crippen LogP contribution in [0.15, 0.2) is 0 Å². The number of carbonyl (C=O) groups is 1. The van der Waals surface area contributed by atoms with Gasteiger partial charge in [-0.25, -0.2) is 0 Å². The Labute approximate surface area is 127 Å². The van der Waals surface area contributed by atoms with Crippen molar-refractivity contribution in [2.75, 3.05) is 18.4 Å². The third kappa shape index (κ3) is 4.77. The molecule has 0 N–H and O–H groups in total. The molecule has 1 heterocycles. The zero-order chi connectivity index (χ0) is 14.3. The van der Waals surface area contributed by atoms with Gasteiger partial charge in [-0.05, 0) is 30.6 Å². The van der Waals surface area contributed by atoms with Gasteiger partial charge < -0.3 is 4.90 Å². The van der Waals surface area contributed by atoms with Crippen LogP contribution in [0.25, 0.3) is 0 Å². The van der Waals surface area contributed by atoms with Gasteiger partial charge in [0.1, 0.15) is 0 Å². The molecule has 1 atom stereocenters. The molecular weight excluding hydrogens is 302 g/mol. The highest BCUT2D eigenvalue weighted by Crippen LogP contribution is 2.35. The van der Waals surface area contributed by atoms with Crippen LogP contribution in [0.4, 0.5) is 0 Å². The van der Waals surface area contributed by atoms with E-state index in [4.69, 9.17) is 0 Å². The van der Waals surface area contributed by atoms with Gasteiger partial charge in [0.05, 0.1) is 0 Å². The molecule has 2 nitrogen and oxygen atoms in total. The SMILES string of the molecule is CCCC1CC(=O)N(CC(CBr)(CCC)CCC)C1. The van der Waals surface area contributed by atoms with Crippen LogP contribution in [0.1, 0.15) is 65.7 Å². The van der Waals surface area contributed by atoms with Crippen molar-refractivity contribution in [3.05, 3.63) is 0 Å². The number of carbonyl (C=O) groups excluding carboxylic acids is 1. The van der Waals surface area contributed by atoms with E-state index in [1.165, 1.54) is 38.5 Å². The average molecular weight is 332 g/mol. The van der Waals surface area contributed by atoms with Crippen LogP contribution >= 0.6 is 15.9 Å². The molecule has 1 fully saturated rings. The summed E-state index contributed by atoms with van der Waals surface area (Å²) in [4.78, 5) is 14.3. The lowest BCUT2D eigenvalue weighted by atomic mass is 9.80. The van der Waals surface area contributed by atoms with Crippen LogP contribution in [0.5, 0.6) is 0 Å². The minimum Gasteiger partial charge on any atom is -0.342 e. The molecule has 0 aromatic rings. The van der Waals surface area contributed by atoms with E-state index in [9.17, 15) is 4.79 Å². The van der Waals surface area contributed by atoms with E-state index in [0.717, 1.165) is 24.8 Å². The predicted molar refractivity (Wildman–Crippen MR) is 85.6 cm³/mol. The molecule has 0 aromatic carbocycles. The molecule has 0 aliphatic carbocycles. The number of alkyl halides is 1. The van der Waals surface area contributed by atoms with E-state index in [1.54, 1.807) is 0 Å². The standard InChI is InChI=1S/C16H30BrNO/c1-4-7-14-10-15(19)18(11-14)13-16(12-17,8-5-2)9-6-3/h14H,4-13H2,1-3H3. The predicted octanol–water partition coefficient (Wildman–Crippen LogP) is 4.62. The number of hydrogen-bond donors (Lipinski definition) is 0. The lowest BCUT2D eigenvalue weighted by Gasteiger charge is -2.36. The van der Waals surface area contributed by atoms with Gasteiger partial charge >= 0.3 is 0 Å². The fourth-order valence-electron chi connectivity index (χ4n) is 3.53. The smallest absolute Gasteiger partial charge is 0.222 e. The van der Waals surface area contributed by atoms with Crippen molar-refractivity contribution in [3.8, 4) is 0 Å². The van der Waals surface area contributed by atoms with E-state index < -0.39 is 0 Å². The van der Waals surface area contributed by atoms with Crippen molar-refractivity contribution in [3.63, 3.8) is 0 Å². The molecule has 1 amide bonds. The Morgan fingerprint density at radius 3 is 2.32 bits per heavy atom. The summed E-state index contributed by atoms with van der Waals surface area (Å²) in [6, 6.07) is 0. The second kappa shape index (κ2) is 8.28. The lowest BCUT2D eigenvalue weighted by Crippen LogP contribution is -2.40. The fourth-order valence-corrected chi connectivity index (χ4v) is 4.27. The summed E-state index contributed by atoms with van der Waals surface area (Å²) < 4.78 is 0. The van der Waals surface area contributed by atoms with Crippen molar-refractivity contribution in [1.82, 2.24) is 4.90 Å². The van der Waals surface area contributed by atoms with Crippen molar-refractivity contribution in [1.29, 1.82) is 0 Å². The van der Waals surface area contributed by atoms with E-state index in [-0.39, 0.29) is 0 Å². The van der Waals surface area contributed by atoms with Gasteiger partial charge in [0.15, 0.2) is 0 Å². The van der Waals surface area contributed by atoms with Gasteiger partial charge in [-0.3, -0.25) is 4.79 Å². The maximum absolute atomic E-state index is 12.2. The Morgan fingerprint density at radius 1 is 1.21 bits per heavy atom. The van der Waals surface area contributed by atoms with Crippen LogP contribution < -0.4 is 0 Å². The molecule has 1 aliphatic heterocycles. The van der Waals surface area contributed by atoms with Gasteiger partial charge in [0.25, 0.3) is 0 Å². The van der Waals surface area contributed by atoms with Gasteiger partial charge in [-0.15, -0.1) is 0 Å². The number of rotatable bonds is 9. The highest BCUT2D eigenvalue weighted by molar-refractivity contribution is 9.09. The first-order chi connectivity index (χ1) is 9.10. The fraction of sp³-hybridized carbons (Fsp3) is 0.938. The van der Waals surface area contributed by atoms with E-state index in [0.29, 0.717) is 17.2 Å². The first-order valence-corrected chi connectivity index (χ1v) is 9.06. The maximum Gasteiger partial charge on any atom is 0.222 e. The Kier molecular flexibility index (Phi) is 7.41. The zero-order valence-corrected chi connectivity index (χ0v) is 14.5. The molecule has 1 rings (SSSR count). The van der Waals surface area contributed by atoms with Crippen LogP contribution in [0.2, 0.25) is 0 Å². The second-order valence-electron chi connectivity index (χ2n) is 6.27. The Bertz CT molecular complexity index is 274. The third-order valence-electron chi connectivity index (χ3n) is 4.36. The molecular formula is C16H30BrNO. The van der Waals surface area contributed by atoms with Gasteiger partial charge in [-0.2, -0.15) is 0 Å². The van der Waals surface area contributed by atoms with Crippen molar-refractivity contribution >= 4 is 21.8 Å². The molecule has 0 radical (unpaired) electrons. The number of nitrogens with zero attached hydrogens (tertiary/aromatic N) is 1. The van der Waals surface area contributed by atoms with Gasteiger partial charge in [0, 0.05) is 24.8 Å². The Hall–Kier alpha value is -0.0500. The topological polar surface area (TPSA) is 20.3 Å². The summed E-state index contributed by atoms with van der Waals surface area (Å²) in [5.74, 6) is 0.991. The number of hydrogen-bond acceptors (Lipinski definition) is 1. The van der Waals surface area contributed by atoms with Gasteiger partial charge in [-0.1, -0.05) is 56.0 Å². The summed E-state index contributed by atoms with van der Waals surface area (Å²) >= 11 is 3.71. The van der Waals surface area contributed by atoms with E-state index in [2.05, 4.69) is 41.6 Å². The Balaban J connectivity index is 2.65. The summed E-state index contributed by atoms with van der Waals surface area (Å²) in [5.41, 5.74) is 0.292. The van der Waals surface area contributed by atoms with Gasteiger partial charge in [0.2, 0.25) is 5.91 Å². The normalized spacial score (nSPS) is 20.3. The van der Waals surface area contributed by atoms with Crippen LogP contribution in [-0.4, -0.2) is 29.2 Å². The molecule has 3 heteroatoms. The van der Waals surface area contributed by atoms with E-state index >= 15 is 0 Å². The molecule has 0 spiro atoms. The molecule has 1 aliphatic rings. The third-order valence-corrected chi connectivity index (χ3v) is 5.55. The average Bonchev–Trinajstić information content (AvgIpc) is 2.70. The molecule has 112 valence electrons. The minimum atomic E-state index is 0.292. The minimum absolute atomic E-state index is 0.292. The van der Waals surface area contributed by atoms with Crippen LogP contribution in [0, 0.1) is 11.3 Å². The molecule has 0 aromatic heterocycles. The summed E-state index contributed by atoms with van der Waals surface area (Å²) in [6.45, 7) is 8.66. The van der Waals surface area contributed by atoms with E-state index in [1.807, 2.05) is 0 Å². The molecule has 0 bridgehead atoms. The monoisotopic (exact) mass is 331 g/mol. The van der Waals surface area contributed by atoms with Crippen molar-refractivity contribution in [2.24, 2.45) is 11.3 Å². The summed E-state index contributed by atoms with van der Waals surface area (Å²) in [7, 11) is 0. The highest BCUT2D eigenvalue weighted by atomic mass is 79.9. The molecule has 0 saturated carbocycles. The lowest BCUT2D eigenvalue weighted by molar-refractivity contribution is -0.129. The summed E-state index contributed by atoms with van der Waals surface area (Å²) in [5, 5.41) is 1.02. The number of likely N-dealkylation sites (tertiary alicyclic amines) is 1. The van der Waals surface area contributed by atoms with Crippen molar-refractivity contribution < 1.29 is 4.79 Å². The second-order valence-corrected chi connectivity index (χ2v) is 6.83. The highest BCUT2D eigenvalue weighted by Gasteiger charge is 2.36. The van der Waals surface area contributed by atoms with Crippen molar-refractivity contribution in [2.45, 2.75) is 65.7 Å². The quantitative estimate of drug-likeness (QED) is 0.564. The molecule has 1 unspecified atom stereocenters. The zero-order valence-electron chi connectivity index (χ0n) is 12.9. The maximum atomic E-state index is 12.2. The number of amides is 1. The molecule has 19 heavy (non-hydrogen) atoms. The molecule has 1 saturated heterocycles. The largest absolute Gasteiger partial charge is 0.342 e. The first kappa shape index (κ1) is 17.0. The summed E-state index contributed by atoms with van der Waals surface area (Å²) in [6.07, 6.45) is 8.01. The number of halogens is 1. The van der Waals surface area contributed by atoms with Crippen LogP contribution in [-0.2, 0) is 4.79 Å². The van der Waals surface area contributed by atoms with Crippen LogP contribution in [0.3, 0.4) is 0 Å².